The molecular formula is C14H19BrN2O2. The number of hydrogen-bond acceptors (Lipinski definition) is 2. The molecule has 0 aliphatic heterocycles. The molecule has 1 aromatic rings. The molecule has 0 spiro atoms. The van der Waals surface area contributed by atoms with Gasteiger partial charge in [0.1, 0.15) is 0 Å². The van der Waals surface area contributed by atoms with Crippen LogP contribution in [0.5, 0.6) is 0 Å². The highest BCUT2D eigenvalue weighted by Gasteiger charge is 2.07. The van der Waals surface area contributed by atoms with Gasteiger partial charge in [0.05, 0.1) is 0 Å². The van der Waals surface area contributed by atoms with E-state index in [0.29, 0.717) is 25.1 Å². The van der Waals surface area contributed by atoms with Crippen molar-refractivity contribution in [3.63, 3.8) is 0 Å². The molecule has 5 heteroatoms. The minimum atomic E-state index is -0.160. The molecule has 104 valence electrons. The molecule has 0 saturated heterocycles. The second-order valence-corrected chi connectivity index (χ2v) is 5.29. The first-order valence-electron chi connectivity index (χ1n) is 6.35. The number of aryl methyl sites for hydroxylation is 1. The van der Waals surface area contributed by atoms with Crippen molar-refractivity contribution < 1.29 is 9.59 Å². The summed E-state index contributed by atoms with van der Waals surface area (Å²) in [5.41, 5.74) is 1.61. The molecule has 0 unspecified atom stereocenters. The maximum absolute atomic E-state index is 11.9. The van der Waals surface area contributed by atoms with Gasteiger partial charge in [-0.3, -0.25) is 9.59 Å². The van der Waals surface area contributed by atoms with Crippen molar-refractivity contribution >= 4 is 27.7 Å². The van der Waals surface area contributed by atoms with Crippen molar-refractivity contribution in [1.29, 1.82) is 0 Å². The van der Waals surface area contributed by atoms with E-state index < -0.39 is 0 Å². The predicted molar refractivity (Wildman–Crippen MR) is 79.1 cm³/mol. The van der Waals surface area contributed by atoms with Crippen LogP contribution in [0.25, 0.3) is 0 Å². The fourth-order valence-electron chi connectivity index (χ4n) is 1.61. The molecule has 2 amide bonds. The van der Waals surface area contributed by atoms with Gasteiger partial charge in [-0.25, -0.2) is 0 Å². The first kappa shape index (κ1) is 15.7. The zero-order chi connectivity index (χ0) is 14.3. The summed E-state index contributed by atoms with van der Waals surface area (Å²) in [4.78, 5) is 23.2. The van der Waals surface area contributed by atoms with E-state index in [9.17, 15) is 9.59 Å². The second-order valence-electron chi connectivity index (χ2n) is 4.37. The lowest BCUT2D eigenvalue weighted by Crippen LogP contribution is -2.31. The zero-order valence-electron chi connectivity index (χ0n) is 11.3. The molecule has 0 aliphatic rings. The first-order chi connectivity index (χ1) is 9.02. The fourth-order valence-corrected chi connectivity index (χ4v) is 2.22. The summed E-state index contributed by atoms with van der Waals surface area (Å²) >= 11 is 3.36. The molecule has 0 radical (unpaired) electrons. The highest BCUT2D eigenvalue weighted by atomic mass is 79.9. The summed E-state index contributed by atoms with van der Waals surface area (Å²) in [6.45, 7) is 4.95. The Hall–Kier alpha value is -1.36. The molecular weight excluding hydrogens is 308 g/mol. The minimum Gasteiger partial charge on any atom is -0.356 e. The van der Waals surface area contributed by atoms with Gasteiger partial charge in [0.15, 0.2) is 0 Å². The van der Waals surface area contributed by atoms with E-state index in [1.165, 1.54) is 0 Å². The van der Waals surface area contributed by atoms with Crippen molar-refractivity contribution in [2.24, 2.45) is 0 Å². The number of nitrogens with one attached hydrogen (secondary N) is 2. The number of hydrogen-bond donors (Lipinski definition) is 2. The third-order valence-electron chi connectivity index (χ3n) is 2.51. The van der Waals surface area contributed by atoms with E-state index >= 15 is 0 Å². The summed E-state index contributed by atoms with van der Waals surface area (Å²) in [5, 5.41) is 5.51. The van der Waals surface area contributed by atoms with Crippen LogP contribution in [-0.2, 0) is 4.79 Å². The standard InChI is InChI=1S/C14H19BrN2O2/c1-3-5-16-13(18)4-6-17-14(19)11-7-10(2)8-12(15)9-11/h7-9H,3-6H2,1-2H3,(H,16,18)(H,17,19). The van der Waals surface area contributed by atoms with Crippen molar-refractivity contribution in [2.45, 2.75) is 26.7 Å². The lowest BCUT2D eigenvalue weighted by atomic mass is 10.1. The predicted octanol–water partition coefficient (Wildman–Crippen LogP) is 2.40. The van der Waals surface area contributed by atoms with Gasteiger partial charge >= 0.3 is 0 Å². The molecule has 0 heterocycles. The number of halogens is 1. The van der Waals surface area contributed by atoms with Gasteiger partial charge in [0, 0.05) is 29.5 Å². The SMILES string of the molecule is CCCNC(=O)CCNC(=O)c1cc(C)cc(Br)c1. The molecule has 1 rings (SSSR count). The molecule has 1 aromatic carbocycles. The maximum atomic E-state index is 11.9. The van der Waals surface area contributed by atoms with E-state index in [1.54, 1.807) is 6.07 Å². The quantitative estimate of drug-likeness (QED) is 0.843. The Bertz CT molecular complexity index is 441. The Morgan fingerprint density at radius 3 is 2.53 bits per heavy atom. The maximum Gasteiger partial charge on any atom is 0.251 e. The first-order valence-corrected chi connectivity index (χ1v) is 7.14. The third-order valence-corrected chi connectivity index (χ3v) is 2.97. The van der Waals surface area contributed by atoms with E-state index in [4.69, 9.17) is 0 Å². The summed E-state index contributed by atoms with van der Waals surface area (Å²) in [6, 6.07) is 5.52. The molecule has 2 N–H and O–H groups in total. The molecule has 19 heavy (non-hydrogen) atoms. The molecule has 4 nitrogen and oxygen atoms in total. The monoisotopic (exact) mass is 326 g/mol. The Labute approximate surface area is 122 Å². The van der Waals surface area contributed by atoms with Gasteiger partial charge in [-0.05, 0) is 37.1 Å². The van der Waals surface area contributed by atoms with Gasteiger partial charge in [-0.15, -0.1) is 0 Å². The van der Waals surface area contributed by atoms with Crippen molar-refractivity contribution in [2.75, 3.05) is 13.1 Å². The number of amides is 2. The van der Waals surface area contributed by atoms with Crippen molar-refractivity contribution in [3.8, 4) is 0 Å². The van der Waals surface area contributed by atoms with Gasteiger partial charge in [0.2, 0.25) is 5.91 Å². The van der Waals surface area contributed by atoms with Crippen LogP contribution in [0.15, 0.2) is 22.7 Å². The lowest BCUT2D eigenvalue weighted by molar-refractivity contribution is -0.120. The van der Waals surface area contributed by atoms with Crippen LogP contribution in [0.1, 0.15) is 35.7 Å². The fraction of sp³-hybridized carbons (Fsp3) is 0.429. The van der Waals surface area contributed by atoms with Crippen molar-refractivity contribution in [1.82, 2.24) is 10.6 Å². The van der Waals surface area contributed by atoms with Gasteiger partial charge < -0.3 is 10.6 Å². The van der Waals surface area contributed by atoms with Crippen LogP contribution < -0.4 is 10.6 Å². The Kier molecular flexibility index (Phi) is 6.56. The summed E-state index contributed by atoms with van der Waals surface area (Å²) in [5.74, 6) is -0.194. The highest BCUT2D eigenvalue weighted by molar-refractivity contribution is 9.10. The van der Waals surface area contributed by atoms with E-state index in [-0.39, 0.29) is 11.8 Å². The smallest absolute Gasteiger partial charge is 0.251 e. The summed E-state index contributed by atoms with van der Waals surface area (Å²) < 4.78 is 0.873. The van der Waals surface area contributed by atoms with Crippen LogP contribution in [0.4, 0.5) is 0 Å². The number of rotatable bonds is 6. The molecule has 0 bridgehead atoms. The average Bonchev–Trinajstić information content (AvgIpc) is 2.35. The minimum absolute atomic E-state index is 0.0347. The van der Waals surface area contributed by atoms with Gasteiger partial charge in [-0.2, -0.15) is 0 Å². The molecule has 0 saturated carbocycles. The number of benzene rings is 1. The molecule has 0 atom stereocenters. The summed E-state index contributed by atoms with van der Waals surface area (Å²) in [7, 11) is 0. The van der Waals surface area contributed by atoms with Crippen LogP contribution in [0, 0.1) is 6.92 Å². The van der Waals surface area contributed by atoms with Crippen LogP contribution >= 0.6 is 15.9 Å². The Morgan fingerprint density at radius 2 is 1.89 bits per heavy atom. The summed E-state index contributed by atoms with van der Waals surface area (Å²) in [6.07, 6.45) is 1.22. The van der Waals surface area contributed by atoms with E-state index in [2.05, 4.69) is 26.6 Å². The number of carbonyl (C=O) groups excluding carboxylic acids is 2. The van der Waals surface area contributed by atoms with Crippen LogP contribution in [0.2, 0.25) is 0 Å². The third kappa shape index (κ3) is 5.87. The lowest BCUT2D eigenvalue weighted by Gasteiger charge is -2.07. The van der Waals surface area contributed by atoms with Crippen LogP contribution in [0.3, 0.4) is 0 Å². The molecule has 0 fully saturated rings. The molecule has 0 aliphatic carbocycles. The highest BCUT2D eigenvalue weighted by Crippen LogP contribution is 2.15. The van der Waals surface area contributed by atoms with E-state index in [1.807, 2.05) is 26.0 Å². The van der Waals surface area contributed by atoms with Crippen molar-refractivity contribution in [3.05, 3.63) is 33.8 Å². The Morgan fingerprint density at radius 1 is 1.16 bits per heavy atom. The Balaban J connectivity index is 2.41. The van der Waals surface area contributed by atoms with Gasteiger partial charge in [0.25, 0.3) is 5.91 Å². The van der Waals surface area contributed by atoms with Gasteiger partial charge in [-0.1, -0.05) is 22.9 Å². The number of carbonyl (C=O) groups is 2. The zero-order valence-corrected chi connectivity index (χ0v) is 12.8. The second kappa shape index (κ2) is 7.94. The normalized spacial score (nSPS) is 10.1. The average molecular weight is 327 g/mol. The molecule has 0 aromatic heterocycles. The van der Waals surface area contributed by atoms with Crippen LogP contribution in [-0.4, -0.2) is 24.9 Å². The van der Waals surface area contributed by atoms with E-state index in [0.717, 1.165) is 16.5 Å². The largest absolute Gasteiger partial charge is 0.356 e. The topological polar surface area (TPSA) is 58.2 Å².